The van der Waals surface area contributed by atoms with Crippen LogP contribution in [0.25, 0.3) is 11.4 Å². The van der Waals surface area contributed by atoms with Gasteiger partial charge in [0.1, 0.15) is 0 Å². The Kier molecular flexibility index (Phi) is 3.34. The van der Waals surface area contributed by atoms with Crippen molar-refractivity contribution in [3.05, 3.63) is 65.5 Å². The third kappa shape index (κ3) is 2.65. The van der Waals surface area contributed by atoms with E-state index < -0.39 is 12.1 Å². The van der Waals surface area contributed by atoms with Crippen LogP contribution in [0.2, 0.25) is 0 Å². The molecule has 8 heteroatoms. The summed E-state index contributed by atoms with van der Waals surface area (Å²) in [5, 5.41) is 3.37. The van der Waals surface area contributed by atoms with E-state index in [-0.39, 0.29) is 11.7 Å². The molecule has 0 fully saturated rings. The number of benzene rings is 2. The number of nitrogens with zero attached hydrogens (tertiary/aromatic N) is 3. The average molecular weight is 345 g/mol. The van der Waals surface area contributed by atoms with Gasteiger partial charge >= 0.3 is 12.1 Å². The number of para-hydroxylation sites is 1. The average Bonchev–Trinajstić information content (AvgIpc) is 3.21. The normalized spacial score (nSPS) is 14.0. The summed E-state index contributed by atoms with van der Waals surface area (Å²) in [6, 6.07) is 13.8. The van der Waals surface area contributed by atoms with Crippen molar-refractivity contribution in [2.75, 3.05) is 4.90 Å². The molecule has 0 unspecified atom stereocenters. The van der Waals surface area contributed by atoms with Gasteiger partial charge in [-0.05, 0) is 29.8 Å². The van der Waals surface area contributed by atoms with E-state index in [4.69, 9.17) is 0 Å². The largest absolute Gasteiger partial charge is 0.471 e. The van der Waals surface area contributed by atoms with Gasteiger partial charge in [0.05, 0.1) is 6.54 Å². The summed E-state index contributed by atoms with van der Waals surface area (Å²) in [5.74, 6) is -1.72. The Morgan fingerprint density at radius 3 is 2.52 bits per heavy atom. The number of alkyl halides is 3. The summed E-state index contributed by atoms with van der Waals surface area (Å²) in [6.45, 7) is 0.329. The highest BCUT2D eigenvalue weighted by Gasteiger charge is 2.38. The van der Waals surface area contributed by atoms with Crippen LogP contribution in [-0.2, 0) is 12.7 Å². The lowest BCUT2D eigenvalue weighted by molar-refractivity contribution is -0.159. The number of hydrogen-bond donors (Lipinski definition) is 0. The standard InChI is InChI=1S/C17H10F3N3O2/c18-17(19,20)16-21-14(22-25-16)10-6-7-13-11(8-10)9-23(15(13)24)12-4-2-1-3-5-12/h1-8H,9H2. The van der Waals surface area contributed by atoms with Gasteiger partial charge in [-0.2, -0.15) is 18.2 Å². The third-order valence-electron chi connectivity index (χ3n) is 3.90. The van der Waals surface area contributed by atoms with Crippen LogP contribution in [-0.4, -0.2) is 16.0 Å². The van der Waals surface area contributed by atoms with Crippen LogP contribution in [0.1, 0.15) is 21.8 Å². The first kappa shape index (κ1) is 15.4. The topological polar surface area (TPSA) is 59.2 Å². The Balaban J connectivity index is 1.67. The summed E-state index contributed by atoms with van der Waals surface area (Å²) in [5.41, 5.74) is 2.32. The second-order valence-electron chi connectivity index (χ2n) is 5.52. The lowest BCUT2D eigenvalue weighted by Gasteiger charge is -2.15. The summed E-state index contributed by atoms with van der Waals surface area (Å²) in [6.07, 6.45) is -4.69. The van der Waals surface area contributed by atoms with E-state index in [1.54, 1.807) is 17.0 Å². The SMILES string of the molecule is O=C1c2ccc(-c3noc(C(F)(F)F)n3)cc2CN1c1ccccc1. The molecule has 2 aromatic carbocycles. The lowest BCUT2D eigenvalue weighted by atomic mass is 10.1. The van der Waals surface area contributed by atoms with Gasteiger partial charge in [0.25, 0.3) is 5.91 Å². The van der Waals surface area contributed by atoms with Crippen molar-refractivity contribution < 1.29 is 22.5 Å². The van der Waals surface area contributed by atoms with Gasteiger partial charge in [0.15, 0.2) is 0 Å². The molecule has 1 aliphatic rings. The minimum Gasteiger partial charge on any atom is -0.329 e. The van der Waals surface area contributed by atoms with Crippen LogP contribution in [0, 0.1) is 0 Å². The minimum atomic E-state index is -4.69. The number of amides is 1. The van der Waals surface area contributed by atoms with Gasteiger partial charge in [-0.25, -0.2) is 0 Å². The third-order valence-corrected chi connectivity index (χ3v) is 3.90. The van der Waals surface area contributed by atoms with Gasteiger partial charge in [0, 0.05) is 16.8 Å². The highest BCUT2D eigenvalue weighted by atomic mass is 19.4. The number of aromatic nitrogens is 2. The molecular formula is C17H10F3N3O2. The number of carbonyl (C=O) groups is 1. The molecule has 3 aromatic rings. The Bertz CT molecular complexity index is 951. The number of hydrogen-bond acceptors (Lipinski definition) is 4. The summed E-state index contributed by atoms with van der Waals surface area (Å²) >= 11 is 0. The zero-order valence-corrected chi connectivity index (χ0v) is 12.6. The minimum absolute atomic E-state index is 0.156. The molecule has 1 aliphatic heterocycles. The van der Waals surface area contributed by atoms with Crippen molar-refractivity contribution in [2.24, 2.45) is 0 Å². The van der Waals surface area contributed by atoms with Crippen molar-refractivity contribution in [3.63, 3.8) is 0 Å². The van der Waals surface area contributed by atoms with Crippen LogP contribution in [0.15, 0.2) is 53.1 Å². The van der Waals surface area contributed by atoms with Crippen molar-refractivity contribution in [1.29, 1.82) is 0 Å². The highest BCUT2D eigenvalue weighted by Crippen LogP contribution is 2.32. The molecule has 1 aromatic heterocycles. The molecule has 0 spiro atoms. The molecule has 0 radical (unpaired) electrons. The number of anilines is 1. The molecule has 1 amide bonds. The number of halogens is 3. The molecule has 4 rings (SSSR count). The maximum absolute atomic E-state index is 12.6. The molecular weight excluding hydrogens is 335 g/mol. The molecule has 25 heavy (non-hydrogen) atoms. The lowest BCUT2D eigenvalue weighted by Crippen LogP contribution is -2.22. The summed E-state index contributed by atoms with van der Waals surface area (Å²) in [7, 11) is 0. The van der Waals surface area contributed by atoms with Gasteiger partial charge in [0.2, 0.25) is 5.82 Å². The summed E-state index contributed by atoms with van der Waals surface area (Å²) in [4.78, 5) is 17.5. The first-order chi connectivity index (χ1) is 11.9. The molecule has 0 N–H and O–H groups in total. The molecule has 0 saturated carbocycles. The zero-order valence-electron chi connectivity index (χ0n) is 12.6. The monoisotopic (exact) mass is 345 g/mol. The zero-order chi connectivity index (χ0) is 17.6. The first-order valence-electron chi connectivity index (χ1n) is 7.34. The van der Waals surface area contributed by atoms with Crippen LogP contribution in [0.4, 0.5) is 18.9 Å². The molecule has 0 aliphatic carbocycles. The molecule has 5 nitrogen and oxygen atoms in total. The molecule has 0 atom stereocenters. The first-order valence-corrected chi connectivity index (χ1v) is 7.34. The molecule has 126 valence electrons. The molecule has 0 saturated heterocycles. The van der Waals surface area contributed by atoms with Crippen molar-refractivity contribution in [2.45, 2.75) is 12.7 Å². The van der Waals surface area contributed by atoms with Crippen LogP contribution in [0.3, 0.4) is 0 Å². The Hall–Kier alpha value is -3.16. The fraction of sp³-hybridized carbons (Fsp3) is 0.118. The second kappa shape index (κ2) is 5.44. The number of carbonyl (C=O) groups excluding carboxylic acids is 1. The van der Waals surface area contributed by atoms with E-state index in [1.807, 2.05) is 30.3 Å². The highest BCUT2D eigenvalue weighted by molar-refractivity contribution is 6.10. The fourth-order valence-electron chi connectivity index (χ4n) is 2.73. The fourth-order valence-corrected chi connectivity index (χ4v) is 2.73. The van der Waals surface area contributed by atoms with Gasteiger partial charge < -0.3 is 9.42 Å². The molecule has 2 heterocycles. The predicted octanol–water partition coefficient (Wildman–Crippen LogP) is 3.92. The Morgan fingerprint density at radius 2 is 1.84 bits per heavy atom. The number of rotatable bonds is 2. The predicted molar refractivity (Wildman–Crippen MR) is 81.7 cm³/mol. The second-order valence-corrected chi connectivity index (χ2v) is 5.52. The van der Waals surface area contributed by atoms with Gasteiger partial charge in [-0.15, -0.1) is 0 Å². The van der Waals surface area contributed by atoms with Crippen LogP contribution >= 0.6 is 0 Å². The summed E-state index contributed by atoms with van der Waals surface area (Å²) < 4.78 is 42.0. The smallest absolute Gasteiger partial charge is 0.329 e. The Labute approximate surface area is 139 Å². The number of fused-ring (bicyclic) bond motifs is 1. The van der Waals surface area contributed by atoms with Crippen molar-refractivity contribution >= 4 is 11.6 Å². The van der Waals surface area contributed by atoms with Crippen molar-refractivity contribution in [1.82, 2.24) is 10.1 Å². The van der Waals surface area contributed by atoms with E-state index in [9.17, 15) is 18.0 Å². The van der Waals surface area contributed by atoms with E-state index in [0.29, 0.717) is 23.2 Å². The van der Waals surface area contributed by atoms with Crippen LogP contribution in [0.5, 0.6) is 0 Å². The van der Waals surface area contributed by atoms with E-state index in [0.717, 1.165) is 5.69 Å². The van der Waals surface area contributed by atoms with Gasteiger partial charge in [-0.1, -0.05) is 29.4 Å². The van der Waals surface area contributed by atoms with E-state index >= 15 is 0 Å². The van der Waals surface area contributed by atoms with Gasteiger partial charge in [-0.3, -0.25) is 4.79 Å². The van der Waals surface area contributed by atoms with E-state index in [1.165, 1.54) is 6.07 Å². The maximum atomic E-state index is 12.6. The molecule has 0 bridgehead atoms. The van der Waals surface area contributed by atoms with Crippen LogP contribution < -0.4 is 4.90 Å². The quantitative estimate of drug-likeness (QED) is 0.706. The van der Waals surface area contributed by atoms with Crippen molar-refractivity contribution in [3.8, 4) is 11.4 Å². The Morgan fingerprint density at radius 1 is 1.08 bits per heavy atom. The van der Waals surface area contributed by atoms with E-state index in [2.05, 4.69) is 14.7 Å². The maximum Gasteiger partial charge on any atom is 0.471 e.